The van der Waals surface area contributed by atoms with E-state index in [1.165, 1.54) is 12.3 Å². The van der Waals surface area contributed by atoms with Gasteiger partial charge in [0.15, 0.2) is 0 Å². The second-order valence-corrected chi connectivity index (χ2v) is 5.76. The van der Waals surface area contributed by atoms with Crippen molar-refractivity contribution in [3.63, 3.8) is 0 Å². The monoisotopic (exact) mass is 370 g/mol. The van der Waals surface area contributed by atoms with E-state index >= 15 is 0 Å². The summed E-state index contributed by atoms with van der Waals surface area (Å²) >= 11 is 11.5. The van der Waals surface area contributed by atoms with Gasteiger partial charge in [-0.15, -0.1) is 0 Å². The van der Waals surface area contributed by atoms with Gasteiger partial charge < -0.3 is 20.3 Å². The van der Waals surface area contributed by atoms with Gasteiger partial charge in [0.25, 0.3) is 0 Å². The van der Waals surface area contributed by atoms with E-state index < -0.39 is 18.3 Å². The Balaban J connectivity index is 1.80. The van der Waals surface area contributed by atoms with E-state index in [1.807, 2.05) is 30.3 Å². The molecule has 6 nitrogen and oxygen atoms in total. The van der Waals surface area contributed by atoms with Gasteiger partial charge in [-0.2, -0.15) is 0 Å². The molecule has 1 amide bonds. The zero-order valence-corrected chi connectivity index (χ0v) is 14.0. The van der Waals surface area contributed by atoms with Crippen molar-refractivity contribution in [1.82, 2.24) is 10.3 Å². The van der Waals surface area contributed by atoms with Crippen LogP contribution in [0.3, 0.4) is 0 Å². The number of carbonyl (C=O) groups is 1. The second kappa shape index (κ2) is 8.84. The highest BCUT2D eigenvalue weighted by Crippen LogP contribution is 2.24. The quantitative estimate of drug-likeness (QED) is 0.680. The summed E-state index contributed by atoms with van der Waals surface area (Å²) in [7, 11) is 0. The van der Waals surface area contributed by atoms with Gasteiger partial charge in [0.1, 0.15) is 24.0 Å². The number of rotatable bonds is 6. The summed E-state index contributed by atoms with van der Waals surface area (Å²) < 4.78 is 5.01. The molecule has 0 saturated carbocycles. The second-order valence-electron chi connectivity index (χ2n) is 5.00. The number of hydrogen-bond donors (Lipinski definition) is 3. The van der Waals surface area contributed by atoms with E-state index in [2.05, 4.69) is 10.3 Å². The van der Waals surface area contributed by atoms with Gasteiger partial charge in [0, 0.05) is 18.3 Å². The summed E-state index contributed by atoms with van der Waals surface area (Å²) in [5.74, 6) is 0. The number of benzene rings is 1. The minimum absolute atomic E-state index is 0.102. The van der Waals surface area contributed by atoms with Crippen LogP contribution in [-0.4, -0.2) is 33.9 Å². The van der Waals surface area contributed by atoms with E-state index in [-0.39, 0.29) is 28.9 Å². The minimum Gasteiger partial charge on any atom is -0.445 e. The van der Waals surface area contributed by atoms with Crippen LogP contribution in [0.25, 0.3) is 0 Å². The Labute approximate surface area is 149 Å². The Morgan fingerprint density at radius 2 is 1.96 bits per heavy atom. The van der Waals surface area contributed by atoms with Crippen LogP contribution in [0.5, 0.6) is 0 Å². The number of aromatic nitrogens is 1. The molecule has 128 valence electrons. The van der Waals surface area contributed by atoms with Crippen LogP contribution in [0.2, 0.25) is 10.2 Å². The topological polar surface area (TPSA) is 91.7 Å². The van der Waals surface area contributed by atoms with Crippen molar-refractivity contribution >= 4 is 29.3 Å². The number of alkyl carbamates (subject to hydrolysis) is 1. The summed E-state index contributed by atoms with van der Waals surface area (Å²) in [5, 5.41) is 22.6. The highest BCUT2D eigenvalue weighted by atomic mass is 35.5. The van der Waals surface area contributed by atoms with Crippen molar-refractivity contribution in [1.29, 1.82) is 0 Å². The molecule has 0 spiro atoms. The minimum atomic E-state index is -1.28. The zero-order valence-electron chi connectivity index (χ0n) is 12.5. The van der Waals surface area contributed by atoms with Crippen LogP contribution in [-0.2, 0) is 11.3 Å². The molecule has 0 fully saturated rings. The standard InChI is InChI=1S/C16H16Cl2N2O4/c17-12-6-11(7-19-15(12)18)14(22)13(21)8-20-16(23)24-9-10-4-2-1-3-5-10/h1-7,13-14,21-22H,8-9H2,(H,20,23). The Morgan fingerprint density at radius 1 is 1.25 bits per heavy atom. The number of nitrogens with zero attached hydrogens (tertiary/aromatic N) is 1. The summed E-state index contributed by atoms with van der Waals surface area (Å²) in [4.78, 5) is 15.4. The Kier molecular flexibility index (Phi) is 6.81. The number of amides is 1. The molecule has 3 N–H and O–H groups in total. The molecule has 0 radical (unpaired) electrons. The van der Waals surface area contributed by atoms with E-state index in [0.29, 0.717) is 0 Å². The van der Waals surface area contributed by atoms with Gasteiger partial charge in [0.2, 0.25) is 0 Å². The maximum absolute atomic E-state index is 11.6. The summed E-state index contributed by atoms with van der Waals surface area (Å²) in [5.41, 5.74) is 1.13. The molecule has 1 aromatic heterocycles. The predicted molar refractivity (Wildman–Crippen MR) is 89.9 cm³/mol. The maximum Gasteiger partial charge on any atom is 0.407 e. The third-order valence-electron chi connectivity index (χ3n) is 3.19. The molecule has 2 atom stereocenters. The lowest BCUT2D eigenvalue weighted by Crippen LogP contribution is -2.35. The first-order valence-corrected chi connectivity index (χ1v) is 7.84. The summed E-state index contributed by atoms with van der Waals surface area (Å²) in [6, 6.07) is 10.6. The van der Waals surface area contributed by atoms with E-state index in [1.54, 1.807) is 0 Å². The van der Waals surface area contributed by atoms with Gasteiger partial charge in [-0.25, -0.2) is 9.78 Å². The number of pyridine rings is 1. The SMILES string of the molecule is O=C(NCC(O)C(O)c1cnc(Cl)c(Cl)c1)OCc1ccccc1. The molecule has 0 aliphatic heterocycles. The molecule has 24 heavy (non-hydrogen) atoms. The molecule has 0 saturated heterocycles. The highest BCUT2D eigenvalue weighted by molar-refractivity contribution is 6.41. The number of halogens is 2. The third-order valence-corrected chi connectivity index (χ3v) is 3.88. The number of carbonyl (C=O) groups excluding carboxylic acids is 1. The molecule has 0 aliphatic carbocycles. The molecule has 1 aromatic carbocycles. The van der Waals surface area contributed by atoms with Crippen molar-refractivity contribution in [2.24, 2.45) is 0 Å². The van der Waals surface area contributed by atoms with Crippen molar-refractivity contribution < 1.29 is 19.7 Å². The largest absolute Gasteiger partial charge is 0.445 e. The molecule has 0 aliphatic rings. The van der Waals surface area contributed by atoms with Crippen molar-refractivity contribution in [3.05, 3.63) is 63.9 Å². The fourth-order valence-electron chi connectivity index (χ4n) is 1.89. The normalized spacial score (nSPS) is 13.2. The fraction of sp³-hybridized carbons (Fsp3) is 0.250. The Hall–Kier alpha value is -1.86. The molecule has 1 heterocycles. The lowest BCUT2D eigenvalue weighted by molar-refractivity contribution is 0.0182. The number of aliphatic hydroxyl groups is 2. The summed E-state index contributed by atoms with van der Waals surface area (Å²) in [6.07, 6.45) is -1.93. The highest BCUT2D eigenvalue weighted by Gasteiger charge is 2.20. The average Bonchev–Trinajstić information content (AvgIpc) is 2.60. The molecular weight excluding hydrogens is 355 g/mol. The molecule has 2 rings (SSSR count). The summed E-state index contributed by atoms with van der Waals surface area (Å²) in [6.45, 7) is -0.0862. The van der Waals surface area contributed by atoms with E-state index in [4.69, 9.17) is 27.9 Å². The van der Waals surface area contributed by atoms with Crippen LogP contribution in [0.4, 0.5) is 4.79 Å². The van der Waals surface area contributed by atoms with Crippen LogP contribution in [0.15, 0.2) is 42.6 Å². The van der Waals surface area contributed by atoms with Crippen molar-refractivity contribution in [3.8, 4) is 0 Å². The fourth-order valence-corrected chi connectivity index (χ4v) is 2.17. The lowest BCUT2D eigenvalue weighted by Gasteiger charge is -2.18. The van der Waals surface area contributed by atoms with Crippen LogP contribution < -0.4 is 5.32 Å². The number of hydrogen-bond acceptors (Lipinski definition) is 5. The first-order valence-electron chi connectivity index (χ1n) is 7.09. The first kappa shape index (κ1) is 18.5. The molecule has 2 aromatic rings. The number of ether oxygens (including phenoxy) is 1. The Bertz CT molecular complexity index is 685. The van der Waals surface area contributed by atoms with Crippen LogP contribution >= 0.6 is 23.2 Å². The smallest absolute Gasteiger partial charge is 0.407 e. The molecule has 8 heteroatoms. The maximum atomic E-state index is 11.6. The van der Waals surface area contributed by atoms with Gasteiger partial charge >= 0.3 is 6.09 Å². The number of nitrogens with one attached hydrogen (secondary N) is 1. The van der Waals surface area contributed by atoms with Gasteiger partial charge in [0.05, 0.1) is 5.02 Å². The first-order chi connectivity index (χ1) is 11.5. The molecular formula is C16H16Cl2N2O4. The van der Waals surface area contributed by atoms with Gasteiger partial charge in [-0.3, -0.25) is 0 Å². The predicted octanol–water partition coefficient (Wildman–Crippen LogP) is 2.71. The van der Waals surface area contributed by atoms with Gasteiger partial charge in [-0.1, -0.05) is 53.5 Å². The number of aliphatic hydroxyl groups excluding tert-OH is 2. The molecule has 0 bridgehead atoms. The van der Waals surface area contributed by atoms with Crippen LogP contribution in [0, 0.1) is 0 Å². The average molecular weight is 371 g/mol. The van der Waals surface area contributed by atoms with Crippen LogP contribution in [0.1, 0.15) is 17.2 Å². The van der Waals surface area contributed by atoms with E-state index in [9.17, 15) is 15.0 Å². The van der Waals surface area contributed by atoms with Gasteiger partial charge in [-0.05, 0) is 11.6 Å². The Morgan fingerprint density at radius 3 is 2.62 bits per heavy atom. The lowest BCUT2D eigenvalue weighted by atomic mass is 10.1. The van der Waals surface area contributed by atoms with E-state index in [0.717, 1.165) is 5.56 Å². The van der Waals surface area contributed by atoms with Crippen molar-refractivity contribution in [2.75, 3.05) is 6.54 Å². The van der Waals surface area contributed by atoms with Crippen molar-refractivity contribution in [2.45, 2.75) is 18.8 Å². The third kappa shape index (κ3) is 5.35. The zero-order chi connectivity index (χ0) is 17.5. The molecule has 2 unspecified atom stereocenters.